The van der Waals surface area contributed by atoms with Crippen molar-refractivity contribution in [2.24, 2.45) is 4.99 Å². The number of rotatable bonds is 8. The van der Waals surface area contributed by atoms with E-state index in [1.165, 1.54) is 15.9 Å². The maximum Gasteiger partial charge on any atom is 0.338 e. The van der Waals surface area contributed by atoms with Gasteiger partial charge in [-0.05, 0) is 62.7 Å². The topological polar surface area (TPSA) is 92.3 Å². The molecular formula is C30H27ClN2O6S. The van der Waals surface area contributed by atoms with Gasteiger partial charge in [-0.25, -0.2) is 9.79 Å². The van der Waals surface area contributed by atoms with Crippen LogP contribution >= 0.6 is 22.9 Å². The highest BCUT2D eigenvalue weighted by Gasteiger charge is 2.34. The van der Waals surface area contributed by atoms with E-state index in [1.54, 1.807) is 51.3 Å². The van der Waals surface area contributed by atoms with Crippen LogP contribution in [0.3, 0.4) is 0 Å². The molecule has 0 saturated heterocycles. The van der Waals surface area contributed by atoms with Crippen molar-refractivity contribution in [3.8, 4) is 22.8 Å². The molecule has 206 valence electrons. The molecule has 2 aromatic heterocycles. The molecule has 1 aliphatic heterocycles. The van der Waals surface area contributed by atoms with Gasteiger partial charge in [0.2, 0.25) is 0 Å². The van der Waals surface area contributed by atoms with Crippen molar-refractivity contribution in [1.82, 2.24) is 4.57 Å². The molecule has 4 aromatic rings. The highest BCUT2D eigenvalue weighted by molar-refractivity contribution is 7.07. The minimum absolute atomic E-state index is 0.188. The van der Waals surface area contributed by atoms with E-state index >= 15 is 0 Å². The van der Waals surface area contributed by atoms with E-state index in [9.17, 15) is 9.59 Å². The predicted molar refractivity (Wildman–Crippen MR) is 154 cm³/mol. The summed E-state index contributed by atoms with van der Waals surface area (Å²) in [6.07, 6.45) is 1.68. The fourth-order valence-electron chi connectivity index (χ4n) is 4.60. The lowest BCUT2D eigenvalue weighted by Gasteiger charge is -2.25. The molecule has 3 heterocycles. The fraction of sp³-hybridized carbons (Fsp3) is 0.233. The third kappa shape index (κ3) is 5.22. The van der Waals surface area contributed by atoms with E-state index < -0.39 is 12.0 Å². The first-order valence-corrected chi connectivity index (χ1v) is 13.9. The van der Waals surface area contributed by atoms with Gasteiger partial charge in [-0.2, -0.15) is 0 Å². The minimum atomic E-state index is -0.777. The SMILES string of the molecule is CCOC(=O)C1=C(C)N=c2s/c(=C\c3ccc(-c4cccc(Cl)c4)o3)c(=O)n2C1c1ccc(OC)c(OCC)c1. The Hall–Kier alpha value is -4.08. The van der Waals surface area contributed by atoms with E-state index in [0.717, 1.165) is 5.56 Å². The van der Waals surface area contributed by atoms with Gasteiger partial charge in [-0.3, -0.25) is 9.36 Å². The largest absolute Gasteiger partial charge is 0.493 e. The number of hydrogen-bond donors (Lipinski definition) is 0. The van der Waals surface area contributed by atoms with Gasteiger partial charge in [0.1, 0.15) is 11.5 Å². The van der Waals surface area contributed by atoms with Gasteiger partial charge in [0, 0.05) is 16.7 Å². The molecule has 0 spiro atoms. The minimum Gasteiger partial charge on any atom is -0.493 e. The van der Waals surface area contributed by atoms with Crippen molar-refractivity contribution in [3.05, 3.63) is 102 Å². The molecule has 40 heavy (non-hydrogen) atoms. The third-order valence-electron chi connectivity index (χ3n) is 6.33. The van der Waals surface area contributed by atoms with E-state index in [0.29, 0.717) is 55.2 Å². The van der Waals surface area contributed by atoms with Crippen LogP contribution < -0.4 is 24.4 Å². The molecule has 1 unspecified atom stereocenters. The maximum absolute atomic E-state index is 13.9. The van der Waals surface area contributed by atoms with Crippen molar-refractivity contribution < 1.29 is 23.4 Å². The number of methoxy groups -OCH3 is 1. The number of hydrogen-bond acceptors (Lipinski definition) is 8. The molecule has 0 bridgehead atoms. The molecule has 0 radical (unpaired) electrons. The molecule has 5 rings (SSSR count). The number of halogens is 1. The van der Waals surface area contributed by atoms with Crippen molar-refractivity contribution >= 4 is 35.0 Å². The normalized spacial score (nSPS) is 15.0. The summed E-state index contributed by atoms with van der Waals surface area (Å²) in [5.74, 6) is 1.65. The van der Waals surface area contributed by atoms with Gasteiger partial charge >= 0.3 is 5.97 Å². The zero-order valence-corrected chi connectivity index (χ0v) is 24.0. The molecule has 0 aliphatic carbocycles. The number of esters is 1. The second kappa shape index (κ2) is 11.6. The smallest absolute Gasteiger partial charge is 0.338 e. The molecule has 1 aliphatic rings. The molecule has 0 amide bonds. The van der Waals surface area contributed by atoms with Gasteiger partial charge in [-0.1, -0.05) is 41.1 Å². The lowest BCUT2D eigenvalue weighted by molar-refractivity contribution is -0.139. The quantitative estimate of drug-likeness (QED) is 0.270. The molecule has 1 atom stereocenters. The zero-order valence-electron chi connectivity index (χ0n) is 22.4. The Bertz CT molecular complexity index is 1800. The van der Waals surface area contributed by atoms with Crippen LogP contribution in [-0.4, -0.2) is 30.9 Å². The number of allylic oxidation sites excluding steroid dienone is 1. The number of nitrogens with zero attached hydrogens (tertiary/aromatic N) is 2. The number of thiazole rings is 1. The van der Waals surface area contributed by atoms with E-state index in [2.05, 4.69) is 4.99 Å². The van der Waals surface area contributed by atoms with E-state index in [-0.39, 0.29) is 17.7 Å². The van der Waals surface area contributed by atoms with Crippen LogP contribution in [-0.2, 0) is 9.53 Å². The summed E-state index contributed by atoms with van der Waals surface area (Å²) in [5, 5.41) is 0.600. The Morgan fingerprint density at radius 1 is 1.12 bits per heavy atom. The molecule has 0 fully saturated rings. The van der Waals surface area contributed by atoms with Crippen molar-refractivity contribution in [1.29, 1.82) is 0 Å². The second-order valence-electron chi connectivity index (χ2n) is 8.86. The summed E-state index contributed by atoms with van der Waals surface area (Å²) in [6.45, 7) is 5.96. The molecule has 10 heteroatoms. The summed E-state index contributed by atoms with van der Waals surface area (Å²) < 4.78 is 24.5. The Balaban J connectivity index is 1.66. The number of carbonyl (C=O) groups is 1. The molecular weight excluding hydrogens is 552 g/mol. The summed E-state index contributed by atoms with van der Waals surface area (Å²) in [7, 11) is 1.56. The summed E-state index contributed by atoms with van der Waals surface area (Å²) in [5.41, 5.74) is 1.95. The molecule has 0 saturated carbocycles. The van der Waals surface area contributed by atoms with Crippen LogP contribution in [0, 0.1) is 0 Å². The van der Waals surface area contributed by atoms with Crippen molar-refractivity contribution in [3.63, 3.8) is 0 Å². The van der Waals surface area contributed by atoms with Crippen LogP contribution in [0.2, 0.25) is 5.02 Å². The Labute approximate surface area is 239 Å². The Morgan fingerprint density at radius 2 is 1.95 bits per heavy atom. The monoisotopic (exact) mass is 578 g/mol. The number of furan rings is 1. The van der Waals surface area contributed by atoms with Crippen molar-refractivity contribution in [2.75, 3.05) is 20.3 Å². The van der Waals surface area contributed by atoms with Gasteiger partial charge in [-0.15, -0.1) is 0 Å². The highest BCUT2D eigenvalue weighted by atomic mass is 35.5. The van der Waals surface area contributed by atoms with Gasteiger partial charge in [0.25, 0.3) is 5.56 Å². The van der Waals surface area contributed by atoms with E-state index in [4.69, 9.17) is 30.2 Å². The highest BCUT2D eigenvalue weighted by Crippen LogP contribution is 2.36. The van der Waals surface area contributed by atoms with Crippen molar-refractivity contribution in [2.45, 2.75) is 26.8 Å². The van der Waals surface area contributed by atoms with Gasteiger partial charge in [0.15, 0.2) is 16.3 Å². The number of aromatic nitrogens is 1. The summed E-state index contributed by atoms with van der Waals surface area (Å²) >= 11 is 7.35. The van der Waals surface area contributed by atoms with Crippen LogP contribution in [0.15, 0.2) is 80.1 Å². The Kier molecular flexibility index (Phi) is 7.95. The lowest BCUT2D eigenvalue weighted by Crippen LogP contribution is -2.39. The standard InChI is InChI=1S/C30H27ClN2O6S/c1-5-37-24-15-19(10-12-23(24)36-4)27-26(29(35)38-6-2)17(3)32-30-33(27)28(34)25(40-30)16-21-11-13-22(39-21)18-8-7-9-20(31)14-18/h7-16,27H,5-6H2,1-4H3/b25-16-. The van der Waals surface area contributed by atoms with Crippen LogP contribution in [0.1, 0.15) is 38.1 Å². The van der Waals surface area contributed by atoms with Gasteiger partial charge in [0.05, 0.1) is 42.2 Å². The summed E-state index contributed by atoms with van der Waals surface area (Å²) in [4.78, 5) is 32.1. The lowest BCUT2D eigenvalue weighted by atomic mass is 9.95. The molecule has 0 N–H and O–H groups in total. The van der Waals surface area contributed by atoms with Crippen LogP contribution in [0.4, 0.5) is 0 Å². The maximum atomic E-state index is 13.9. The average molecular weight is 579 g/mol. The average Bonchev–Trinajstić information content (AvgIpc) is 3.52. The number of carbonyl (C=O) groups excluding carboxylic acids is 1. The van der Waals surface area contributed by atoms with E-state index in [1.807, 2.05) is 37.3 Å². The third-order valence-corrected chi connectivity index (χ3v) is 7.55. The number of fused-ring (bicyclic) bond motifs is 1. The first kappa shape index (κ1) is 27.5. The van der Waals surface area contributed by atoms with Crippen LogP contribution in [0.25, 0.3) is 17.4 Å². The molecule has 2 aromatic carbocycles. The predicted octanol–water partition coefficient (Wildman–Crippen LogP) is 5.12. The number of benzene rings is 2. The number of ether oxygens (including phenoxy) is 3. The fourth-order valence-corrected chi connectivity index (χ4v) is 5.81. The molecule has 8 nitrogen and oxygen atoms in total. The Morgan fingerprint density at radius 3 is 2.67 bits per heavy atom. The first-order valence-electron chi connectivity index (χ1n) is 12.7. The zero-order chi connectivity index (χ0) is 28.4. The van der Waals surface area contributed by atoms with Crippen LogP contribution in [0.5, 0.6) is 11.5 Å². The first-order chi connectivity index (χ1) is 19.3. The second-order valence-corrected chi connectivity index (χ2v) is 10.3. The van der Waals surface area contributed by atoms with Gasteiger partial charge < -0.3 is 18.6 Å². The summed E-state index contributed by atoms with van der Waals surface area (Å²) in [6, 6.07) is 15.5.